The van der Waals surface area contributed by atoms with Gasteiger partial charge in [0.05, 0.1) is 10.6 Å². The summed E-state index contributed by atoms with van der Waals surface area (Å²) in [4.78, 5) is 16.3. The lowest BCUT2D eigenvalue weighted by atomic mass is 9.99. The van der Waals surface area contributed by atoms with Crippen molar-refractivity contribution < 1.29 is 9.18 Å². The van der Waals surface area contributed by atoms with Crippen LogP contribution >= 0.6 is 22.9 Å². The normalized spacial score (nSPS) is 20.0. The molecule has 7 heteroatoms. The van der Waals surface area contributed by atoms with Gasteiger partial charge < -0.3 is 10.6 Å². The number of carbonyl (C=O) groups excluding carboxylic acids is 1. The van der Waals surface area contributed by atoms with Crippen LogP contribution in [-0.4, -0.2) is 23.4 Å². The summed E-state index contributed by atoms with van der Waals surface area (Å²) in [6, 6.07) is 5.01. The average Bonchev–Trinajstić information content (AvgIpc) is 2.92. The highest BCUT2D eigenvalue weighted by atomic mass is 35.5. The third-order valence-electron chi connectivity index (χ3n) is 4.88. The van der Waals surface area contributed by atoms with E-state index in [1.54, 1.807) is 23.5 Å². The number of rotatable bonds is 2. The first-order valence-electron chi connectivity index (χ1n) is 8.35. The highest BCUT2D eigenvalue weighted by molar-refractivity contribution is 7.16. The maximum Gasteiger partial charge on any atom is 0.256 e. The summed E-state index contributed by atoms with van der Waals surface area (Å²) in [5, 5.41) is 7.24. The van der Waals surface area contributed by atoms with Gasteiger partial charge in [-0.05, 0) is 38.0 Å². The minimum atomic E-state index is -0.657. The molecular formula is C18H19ClFN3OS. The first-order chi connectivity index (χ1) is 12.0. The molecule has 4 rings (SSSR count). The van der Waals surface area contributed by atoms with Crippen molar-refractivity contribution in [2.45, 2.75) is 39.0 Å². The van der Waals surface area contributed by atoms with Crippen molar-refractivity contribution in [2.75, 3.05) is 11.9 Å². The van der Waals surface area contributed by atoms with Gasteiger partial charge in [0.1, 0.15) is 17.0 Å². The largest absolute Gasteiger partial charge is 0.352 e. The zero-order chi connectivity index (χ0) is 17.7. The number of fused-ring (bicyclic) bond motifs is 3. The van der Waals surface area contributed by atoms with Gasteiger partial charge in [0.15, 0.2) is 0 Å². The number of thiophene rings is 1. The Kier molecular flexibility index (Phi) is 4.22. The number of anilines is 1. The molecule has 132 valence electrons. The van der Waals surface area contributed by atoms with Crippen molar-refractivity contribution in [3.63, 3.8) is 0 Å². The second kappa shape index (κ2) is 6.27. The Morgan fingerprint density at radius 3 is 2.88 bits per heavy atom. The van der Waals surface area contributed by atoms with Crippen LogP contribution in [0, 0.1) is 5.82 Å². The van der Waals surface area contributed by atoms with Crippen molar-refractivity contribution >= 4 is 33.8 Å². The lowest BCUT2D eigenvalue weighted by Gasteiger charge is -2.31. The van der Waals surface area contributed by atoms with Gasteiger partial charge >= 0.3 is 0 Å². The molecular weight excluding hydrogens is 361 g/mol. The van der Waals surface area contributed by atoms with E-state index in [1.807, 2.05) is 0 Å². The highest BCUT2D eigenvalue weighted by Gasteiger charge is 2.35. The summed E-state index contributed by atoms with van der Waals surface area (Å²) >= 11 is 7.75. The summed E-state index contributed by atoms with van der Waals surface area (Å²) in [6.45, 7) is 6.16. The minimum Gasteiger partial charge on any atom is -0.352 e. The van der Waals surface area contributed by atoms with Crippen LogP contribution in [0.4, 0.5) is 9.39 Å². The first-order valence-corrected chi connectivity index (χ1v) is 9.55. The fourth-order valence-corrected chi connectivity index (χ4v) is 5.08. The molecule has 1 atom stereocenters. The van der Waals surface area contributed by atoms with E-state index in [9.17, 15) is 9.18 Å². The van der Waals surface area contributed by atoms with Crippen LogP contribution in [0.1, 0.15) is 46.4 Å². The van der Waals surface area contributed by atoms with Crippen molar-refractivity contribution in [3.05, 3.63) is 50.6 Å². The van der Waals surface area contributed by atoms with Crippen LogP contribution in [0.2, 0.25) is 5.02 Å². The topological polar surface area (TPSA) is 44.4 Å². The SMILES string of the molecule is CC(C)N1CCc2c(sc3c2C(=O)N[C@@H](c2c(F)cccc2Cl)N3)C1. The summed E-state index contributed by atoms with van der Waals surface area (Å²) < 4.78 is 14.2. The second-order valence-corrected chi connectivity index (χ2v) is 8.22. The Hall–Kier alpha value is -1.63. The number of halogens is 2. The first kappa shape index (κ1) is 16.8. The summed E-state index contributed by atoms with van der Waals surface area (Å²) in [5.74, 6) is -0.588. The van der Waals surface area contributed by atoms with Crippen LogP contribution < -0.4 is 10.6 Å². The Labute approximate surface area is 155 Å². The molecule has 2 aliphatic rings. The van der Waals surface area contributed by atoms with Gasteiger partial charge in [-0.1, -0.05) is 17.7 Å². The van der Waals surface area contributed by atoms with E-state index < -0.39 is 12.0 Å². The molecule has 0 saturated heterocycles. The predicted octanol–water partition coefficient (Wildman–Crippen LogP) is 4.16. The molecule has 1 aromatic heterocycles. The van der Waals surface area contributed by atoms with E-state index >= 15 is 0 Å². The predicted molar refractivity (Wildman–Crippen MR) is 98.8 cm³/mol. The average molecular weight is 380 g/mol. The second-order valence-electron chi connectivity index (χ2n) is 6.71. The Morgan fingerprint density at radius 2 is 2.16 bits per heavy atom. The lowest BCUT2D eigenvalue weighted by Crippen LogP contribution is -2.40. The molecule has 3 heterocycles. The zero-order valence-corrected chi connectivity index (χ0v) is 15.6. The molecule has 0 saturated carbocycles. The number of nitrogens with zero attached hydrogens (tertiary/aromatic N) is 1. The molecule has 0 spiro atoms. The number of carbonyl (C=O) groups is 1. The molecule has 0 fully saturated rings. The minimum absolute atomic E-state index is 0.159. The number of nitrogens with one attached hydrogen (secondary N) is 2. The van der Waals surface area contributed by atoms with E-state index in [0.29, 0.717) is 16.6 Å². The fraction of sp³-hybridized carbons (Fsp3) is 0.389. The summed E-state index contributed by atoms with van der Waals surface area (Å²) in [5.41, 5.74) is 2.12. The van der Waals surface area contributed by atoms with Crippen LogP contribution in [0.15, 0.2) is 18.2 Å². The molecule has 25 heavy (non-hydrogen) atoms. The molecule has 2 N–H and O–H groups in total. The standard InChI is InChI=1S/C18H19ClFN3OS/c1-9(2)23-7-6-10-13(8-23)25-18-14(10)17(24)21-16(22-18)15-11(19)4-3-5-12(15)20/h3-5,9,16,22H,6-8H2,1-2H3,(H,21,24)/t16-/m1/s1. The van der Waals surface area contributed by atoms with Gasteiger partial charge in [0.25, 0.3) is 5.91 Å². The Balaban J connectivity index is 1.70. The van der Waals surface area contributed by atoms with Gasteiger partial charge in [0, 0.05) is 29.6 Å². The Bertz CT molecular complexity index is 831. The van der Waals surface area contributed by atoms with E-state index in [0.717, 1.165) is 30.1 Å². The van der Waals surface area contributed by atoms with E-state index in [1.165, 1.54) is 10.9 Å². The monoisotopic (exact) mass is 379 g/mol. The summed E-state index contributed by atoms with van der Waals surface area (Å²) in [7, 11) is 0. The maximum absolute atomic E-state index is 14.2. The number of hydrogen-bond acceptors (Lipinski definition) is 4. The molecule has 0 bridgehead atoms. The van der Waals surface area contributed by atoms with Crippen molar-refractivity contribution in [1.82, 2.24) is 10.2 Å². The van der Waals surface area contributed by atoms with Gasteiger partial charge in [-0.2, -0.15) is 0 Å². The van der Waals surface area contributed by atoms with Crippen LogP contribution in [-0.2, 0) is 13.0 Å². The molecule has 1 amide bonds. The van der Waals surface area contributed by atoms with Crippen LogP contribution in [0.3, 0.4) is 0 Å². The molecule has 0 aliphatic carbocycles. The van der Waals surface area contributed by atoms with E-state index in [-0.39, 0.29) is 11.5 Å². The molecule has 1 aromatic carbocycles. The molecule has 0 radical (unpaired) electrons. The van der Waals surface area contributed by atoms with Crippen molar-refractivity contribution in [1.29, 1.82) is 0 Å². The third kappa shape index (κ3) is 2.82. The number of benzene rings is 1. The summed E-state index contributed by atoms with van der Waals surface area (Å²) in [6.07, 6.45) is 0.203. The van der Waals surface area contributed by atoms with Crippen LogP contribution in [0.5, 0.6) is 0 Å². The van der Waals surface area contributed by atoms with Gasteiger partial charge in [-0.25, -0.2) is 4.39 Å². The molecule has 2 aromatic rings. The highest BCUT2D eigenvalue weighted by Crippen LogP contribution is 2.42. The number of hydrogen-bond donors (Lipinski definition) is 2. The van der Waals surface area contributed by atoms with Crippen molar-refractivity contribution in [2.24, 2.45) is 0 Å². The smallest absolute Gasteiger partial charge is 0.256 e. The van der Waals surface area contributed by atoms with Gasteiger partial charge in [-0.15, -0.1) is 11.3 Å². The van der Waals surface area contributed by atoms with Gasteiger partial charge in [-0.3, -0.25) is 9.69 Å². The number of amides is 1. The van der Waals surface area contributed by atoms with Crippen LogP contribution in [0.25, 0.3) is 0 Å². The van der Waals surface area contributed by atoms with E-state index in [4.69, 9.17) is 11.6 Å². The third-order valence-corrected chi connectivity index (χ3v) is 6.36. The molecule has 0 unspecified atom stereocenters. The Morgan fingerprint density at radius 1 is 1.36 bits per heavy atom. The molecule has 4 nitrogen and oxygen atoms in total. The van der Waals surface area contributed by atoms with Crippen molar-refractivity contribution in [3.8, 4) is 0 Å². The maximum atomic E-state index is 14.2. The van der Waals surface area contributed by atoms with Gasteiger partial charge in [0.2, 0.25) is 0 Å². The quantitative estimate of drug-likeness (QED) is 0.823. The molecule has 2 aliphatic heterocycles. The lowest BCUT2D eigenvalue weighted by molar-refractivity contribution is 0.0934. The van der Waals surface area contributed by atoms with E-state index in [2.05, 4.69) is 29.4 Å². The zero-order valence-electron chi connectivity index (χ0n) is 14.0. The fourth-order valence-electron chi connectivity index (χ4n) is 3.51.